The van der Waals surface area contributed by atoms with E-state index in [1.807, 2.05) is 48.5 Å². The Bertz CT molecular complexity index is 547. The Balaban J connectivity index is 2.13. The molecule has 0 amide bonds. The van der Waals surface area contributed by atoms with E-state index >= 15 is 0 Å². The second kappa shape index (κ2) is 6.07. The van der Waals surface area contributed by atoms with E-state index in [9.17, 15) is 10.2 Å². The molecule has 0 saturated heterocycles. The molecule has 2 atom stereocenters. The molecule has 0 spiro atoms. The van der Waals surface area contributed by atoms with Gasteiger partial charge < -0.3 is 14.9 Å². The number of rotatable bonds is 5. The number of para-hydroxylation sites is 1. The maximum absolute atomic E-state index is 10.5. The minimum atomic E-state index is -1.08. The maximum atomic E-state index is 10.5. The van der Waals surface area contributed by atoms with Gasteiger partial charge in [-0.15, -0.1) is 0 Å². The number of ether oxygens (including phenoxy) is 1. The van der Waals surface area contributed by atoms with Crippen LogP contribution in [0.2, 0.25) is 0 Å². The zero-order chi connectivity index (χ0) is 14.6. The van der Waals surface area contributed by atoms with Crippen molar-refractivity contribution in [2.45, 2.75) is 25.6 Å². The van der Waals surface area contributed by atoms with Crippen LogP contribution in [-0.2, 0) is 5.60 Å². The van der Waals surface area contributed by atoms with Crippen molar-refractivity contribution >= 4 is 0 Å². The highest BCUT2D eigenvalue weighted by Crippen LogP contribution is 2.27. The molecule has 3 nitrogen and oxygen atoms in total. The molecule has 0 saturated carbocycles. The summed E-state index contributed by atoms with van der Waals surface area (Å²) < 4.78 is 5.71. The first-order valence-corrected chi connectivity index (χ1v) is 6.68. The second-order valence-electron chi connectivity index (χ2n) is 5.14. The van der Waals surface area contributed by atoms with Gasteiger partial charge in [0, 0.05) is 5.56 Å². The highest BCUT2D eigenvalue weighted by Gasteiger charge is 2.24. The molecule has 20 heavy (non-hydrogen) atoms. The summed E-state index contributed by atoms with van der Waals surface area (Å²) in [6.07, 6.45) is -0.604. The number of hydrogen-bond donors (Lipinski definition) is 2. The van der Waals surface area contributed by atoms with Crippen LogP contribution < -0.4 is 4.74 Å². The van der Waals surface area contributed by atoms with Crippen molar-refractivity contribution in [2.75, 3.05) is 6.61 Å². The number of aliphatic hydroxyl groups is 2. The van der Waals surface area contributed by atoms with Crippen LogP contribution in [0.3, 0.4) is 0 Å². The Morgan fingerprint density at radius 3 is 2.30 bits per heavy atom. The van der Waals surface area contributed by atoms with Crippen LogP contribution >= 0.6 is 0 Å². The molecule has 0 bridgehead atoms. The van der Waals surface area contributed by atoms with Crippen LogP contribution in [0.15, 0.2) is 54.6 Å². The predicted octanol–water partition coefficient (Wildman–Crippen LogP) is 3.03. The molecule has 0 aliphatic heterocycles. The lowest BCUT2D eigenvalue weighted by Crippen LogP contribution is -2.29. The standard InChI is InChI=1S/C17H20O3/c1-13(18)15-10-6-7-11-16(15)20-12-17(2,19)14-8-4-3-5-9-14/h3-11,13,18-19H,12H2,1-2H3. The van der Waals surface area contributed by atoms with Gasteiger partial charge in [0.25, 0.3) is 0 Å². The van der Waals surface area contributed by atoms with Crippen LogP contribution in [0.25, 0.3) is 0 Å². The zero-order valence-corrected chi connectivity index (χ0v) is 11.8. The van der Waals surface area contributed by atoms with E-state index in [0.717, 1.165) is 11.1 Å². The minimum absolute atomic E-state index is 0.126. The van der Waals surface area contributed by atoms with Crippen molar-refractivity contribution in [3.8, 4) is 5.75 Å². The molecule has 0 aliphatic carbocycles. The summed E-state index contributed by atoms with van der Waals surface area (Å²) >= 11 is 0. The third-order valence-electron chi connectivity index (χ3n) is 3.27. The highest BCUT2D eigenvalue weighted by atomic mass is 16.5. The van der Waals surface area contributed by atoms with E-state index in [2.05, 4.69) is 0 Å². The lowest BCUT2D eigenvalue weighted by atomic mass is 9.97. The van der Waals surface area contributed by atoms with Crippen LogP contribution in [0.4, 0.5) is 0 Å². The van der Waals surface area contributed by atoms with Crippen molar-refractivity contribution in [1.29, 1.82) is 0 Å². The molecule has 2 aromatic carbocycles. The summed E-state index contributed by atoms with van der Waals surface area (Å²) in [6, 6.07) is 16.7. The van der Waals surface area contributed by atoms with E-state index in [4.69, 9.17) is 4.74 Å². The Morgan fingerprint density at radius 2 is 1.65 bits per heavy atom. The highest BCUT2D eigenvalue weighted by molar-refractivity contribution is 5.35. The Hall–Kier alpha value is -1.84. The van der Waals surface area contributed by atoms with Crippen molar-refractivity contribution in [3.05, 3.63) is 65.7 Å². The van der Waals surface area contributed by atoms with Gasteiger partial charge in [0.15, 0.2) is 0 Å². The molecule has 0 aliphatic rings. The van der Waals surface area contributed by atoms with Crippen LogP contribution in [0.1, 0.15) is 31.1 Å². The summed E-state index contributed by atoms with van der Waals surface area (Å²) in [5.41, 5.74) is 0.443. The molecule has 106 valence electrons. The van der Waals surface area contributed by atoms with Crippen molar-refractivity contribution in [3.63, 3.8) is 0 Å². The molecular formula is C17H20O3. The molecule has 3 heteroatoms. The van der Waals surface area contributed by atoms with Crippen molar-refractivity contribution in [1.82, 2.24) is 0 Å². The van der Waals surface area contributed by atoms with Gasteiger partial charge in [-0.2, -0.15) is 0 Å². The average molecular weight is 272 g/mol. The Morgan fingerprint density at radius 1 is 1.05 bits per heavy atom. The molecule has 2 N–H and O–H groups in total. The first kappa shape index (κ1) is 14.6. The van der Waals surface area contributed by atoms with E-state index in [1.54, 1.807) is 19.9 Å². The minimum Gasteiger partial charge on any atom is -0.490 e. The SMILES string of the molecule is CC(O)c1ccccc1OCC(C)(O)c1ccccc1. The fourth-order valence-electron chi connectivity index (χ4n) is 2.06. The Labute approximate surface area is 119 Å². The maximum Gasteiger partial charge on any atom is 0.125 e. The van der Waals surface area contributed by atoms with Crippen LogP contribution in [0, 0.1) is 0 Å². The number of aliphatic hydroxyl groups excluding tert-OH is 1. The molecular weight excluding hydrogens is 252 g/mol. The molecule has 0 fully saturated rings. The smallest absolute Gasteiger partial charge is 0.125 e. The molecule has 2 aromatic rings. The van der Waals surface area contributed by atoms with E-state index < -0.39 is 11.7 Å². The monoisotopic (exact) mass is 272 g/mol. The lowest BCUT2D eigenvalue weighted by Gasteiger charge is -2.25. The molecule has 0 heterocycles. The van der Waals surface area contributed by atoms with E-state index in [-0.39, 0.29) is 6.61 Å². The van der Waals surface area contributed by atoms with Gasteiger partial charge >= 0.3 is 0 Å². The summed E-state index contributed by atoms with van der Waals surface area (Å²) in [7, 11) is 0. The van der Waals surface area contributed by atoms with Gasteiger partial charge in [-0.25, -0.2) is 0 Å². The van der Waals surface area contributed by atoms with E-state index in [1.165, 1.54) is 0 Å². The summed E-state index contributed by atoms with van der Waals surface area (Å²) in [4.78, 5) is 0. The van der Waals surface area contributed by atoms with E-state index in [0.29, 0.717) is 5.75 Å². The molecule has 2 unspecified atom stereocenters. The van der Waals surface area contributed by atoms with Crippen LogP contribution in [0.5, 0.6) is 5.75 Å². The van der Waals surface area contributed by atoms with Gasteiger partial charge in [-0.3, -0.25) is 0 Å². The topological polar surface area (TPSA) is 49.7 Å². The second-order valence-corrected chi connectivity index (χ2v) is 5.14. The van der Waals surface area contributed by atoms with Gasteiger partial charge in [0.1, 0.15) is 18.0 Å². The van der Waals surface area contributed by atoms with Gasteiger partial charge in [0.05, 0.1) is 6.10 Å². The largest absolute Gasteiger partial charge is 0.490 e. The summed E-state index contributed by atoms with van der Waals surface area (Å²) in [5, 5.41) is 20.2. The first-order chi connectivity index (χ1) is 9.50. The average Bonchev–Trinajstić information content (AvgIpc) is 2.46. The van der Waals surface area contributed by atoms with Crippen molar-refractivity contribution in [2.24, 2.45) is 0 Å². The van der Waals surface area contributed by atoms with Gasteiger partial charge in [-0.1, -0.05) is 48.5 Å². The molecule has 0 radical (unpaired) electrons. The van der Waals surface area contributed by atoms with Gasteiger partial charge in [0.2, 0.25) is 0 Å². The number of hydrogen-bond acceptors (Lipinski definition) is 3. The fourth-order valence-corrected chi connectivity index (χ4v) is 2.06. The van der Waals surface area contributed by atoms with Crippen LogP contribution in [-0.4, -0.2) is 16.8 Å². The fraction of sp³-hybridized carbons (Fsp3) is 0.294. The third kappa shape index (κ3) is 3.38. The third-order valence-corrected chi connectivity index (χ3v) is 3.27. The first-order valence-electron chi connectivity index (χ1n) is 6.68. The Kier molecular flexibility index (Phi) is 4.42. The predicted molar refractivity (Wildman–Crippen MR) is 78.6 cm³/mol. The quantitative estimate of drug-likeness (QED) is 0.879. The number of benzene rings is 2. The molecule has 2 rings (SSSR count). The summed E-state index contributed by atoms with van der Waals surface area (Å²) in [5.74, 6) is 0.596. The normalized spacial score (nSPS) is 15.4. The zero-order valence-electron chi connectivity index (χ0n) is 11.8. The van der Waals surface area contributed by atoms with Gasteiger partial charge in [-0.05, 0) is 25.5 Å². The molecule has 0 aromatic heterocycles. The van der Waals surface area contributed by atoms with Crippen molar-refractivity contribution < 1.29 is 14.9 Å². The lowest BCUT2D eigenvalue weighted by molar-refractivity contribution is 0.00657. The summed E-state index contributed by atoms with van der Waals surface area (Å²) in [6.45, 7) is 3.53.